The molecule has 30 heavy (non-hydrogen) atoms. The van der Waals surface area contributed by atoms with Gasteiger partial charge in [-0.2, -0.15) is 0 Å². The molecule has 2 aliphatic rings. The molecular formula is C26H34BrNO2. The topological polar surface area (TPSA) is 30.7 Å². The minimum Gasteiger partial charge on any atom is -1.00 e. The second-order valence-corrected chi connectivity index (χ2v) is 8.78. The number of hydrogen-bond acceptors (Lipinski definition) is 2. The van der Waals surface area contributed by atoms with Crippen molar-refractivity contribution >= 4 is 5.97 Å². The molecule has 1 aliphatic heterocycles. The minimum atomic E-state index is -0.493. The number of rotatable bonds is 5. The maximum absolute atomic E-state index is 13.1. The minimum absolute atomic E-state index is 0. The lowest BCUT2D eigenvalue weighted by atomic mass is 9.69. The number of quaternary nitrogens is 1. The predicted molar refractivity (Wildman–Crippen MR) is 116 cm³/mol. The van der Waals surface area contributed by atoms with E-state index in [1.165, 1.54) is 37.7 Å². The summed E-state index contributed by atoms with van der Waals surface area (Å²) in [6, 6.07) is 21.5. The molecule has 4 rings (SSSR count). The molecule has 0 amide bonds. The Hall–Kier alpha value is -1.65. The Morgan fingerprint density at radius 1 is 0.833 bits per heavy atom. The van der Waals surface area contributed by atoms with Gasteiger partial charge in [-0.15, -0.1) is 0 Å². The first-order chi connectivity index (χ1) is 14.2. The first-order valence-corrected chi connectivity index (χ1v) is 11.3. The van der Waals surface area contributed by atoms with Crippen LogP contribution in [0.4, 0.5) is 0 Å². The van der Waals surface area contributed by atoms with Gasteiger partial charge in [-0.3, -0.25) is 4.79 Å². The second-order valence-electron chi connectivity index (χ2n) is 8.78. The lowest BCUT2D eigenvalue weighted by Gasteiger charge is -2.48. The van der Waals surface area contributed by atoms with Crippen LogP contribution in [-0.2, 0) is 20.5 Å². The third-order valence-corrected chi connectivity index (χ3v) is 7.41. The van der Waals surface area contributed by atoms with Crippen LogP contribution < -0.4 is 21.9 Å². The molecule has 2 fully saturated rings. The maximum atomic E-state index is 13.1. The van der Waals surface area contributed by atoms with Crippen LogP contribution >= 0.6 is 0 Å². The molecule has 1 aliphatic carbocycles. The van der Waals surface area contributed by atoms with Gasteiger partial charge in [0, 0.05) is 31.2 Å². The van der Waals surface area contributed by atoms with Crippen molar-refractivity contribution in [2.45, 2.75) is 62.8 Å². The molecule has 1 heterocycles. The summed E-state index contributed by atoms with van der Waals surface area (Å²) >= 11 is 0. The van der Waals surface area contributed by atoms with Crippen LogP contribution in [0, 0.1) is 0 Å². The fourth-order valence-electron chi connectivity index (χ4n) is 5.85. The molecule has 4 heteroatoms. The van der Waals surface area contributed by atoms with E-state index in [1.54, 1.807) is 4.90 Å². The zero-order chi connectivity index (χ0) is 20.2. The van der Waals surface area contributed by atoms with Gasteiger partial charge in [-0.05, 0) is 25.3 Å². The Kier molecular flexibility index (Phi) is 7.75. The standard InChI is InChI=1S/C26H33NO2.BrH/c1-2-29-24(28)25(22-12-6-3-7-13-22)18-20-27(21-19-25)26(16-10-5-11-17-26)23-14-8-4-9-15-23;/h3-4,6-9,12-15H,2,5,10-11,16-21H2,1H3;1H. The van der Waals surface area contributed by atoms with Crippen LogP contribution in [-0.4, -0.2) is 25.7 Å². The van der Waals surface area contributed by atoms with Crippen molar-refractivity contribution in [1.82, 2.24) is 0 Å². The molecular weight excluding hydrogens is 438 g/mol. The van der Waals surface area contributed by atoms with E-state index in [0.29, 0.717) is 6.61 Å². The Morgan fingerprint density at radius 3 is 1.90 bits per heavy atom. The van der Waals surface area contributed by atoms with Crippen molar-refractivity contribution in [3.63, 3.8) is 0 Å². The molecule has 0 spiro atoms. The number of ether oxygens (including phenoxy) is 1. The molecule has 2 aromatic rings. The monoisotopic (exact) mass is 471 g/mol. The van der Waals surface area contributed by atoms with Gasteiger partial charge in [0.25, 0.3) is 0 Å². The van der Waals surface area contributed by atoms with Crippen molar-refractivity contribution in [3.05, 3.63) is 71.8 Å². The zero-order valence-electron chi connectivity index (χ0n) is 18.0. The fraction of sp³-hybridized carbons (Fsp3) is 0.500. The summed E-state index contributed by atoms with van der Waals surface area (Å²) in [5, 5.41) is 0. The van der Waals surface area contributed by atoms with Gasteiger partial charge in [0.2, 0.25) is 0 Å². The molecule has 1 saturated carbocycles. The Balaban J connectivity index is 0.00000256. The lowest BCUT2D eigenvalue weighted by molar-refractivity contribution is -0.968. The van der Waals surface area contributed by atoms with Gasteiger partial charge in [-0.1, -0.05) is 67.1 Å². The zero-order valence-corrected chi connectivity index (χ0v) is 19.6. The van der Waals surface area contributed by atoms with E-state index in [4.69, 9.17) is 4.74 Å². The molecule has 162 valence electrons. The number of carbonyl (C=O) groups excluding carboxylic acids is 1. The highest BCUT2D eigenvalue weighted by atomic mass is 79.9. The number of halogens is 1. The molecule has 3 nitrogen and oxygen atoms in total. The smallest absolute Gasteiger partial charge is 0.317 e. The van der Waals surface area contributed by atoms with Crippen LogP contribution in [0.5, 0.6) is 0 Å². The molecule has 0 bridgehead atoms. The summed E-state index contributed by atoms with van der Waals surface area (Å²) in [6.07, 6.45) is 8.19. The van der Waals surface area contributed by atoms with Crippen molar-refractivity contribution < 1.29 is 31.4 Å². The predicted octanol–water partition coefficient (Wildman–Crippen LogP) is 1.03. The van der Waals surface area contributed by atoms with E-state index in [-0.39, 0.29) is 28.5 Å². The largest absolute Gasteiger partial charge is 1.00 e. The van der Waals surface area contributed by atoms with Crippen molar-refractivity contribution in [2.24, 2.45) is 0 Å². The third-order valence-electron chi connectivity index (χ3n) is 7.41. The number of benzene rings is 2. The number of hydrogen-bond donors (Lipinski definition) is 1. The number of nitrogens with one attached hydrogen (secondary N) is 1. The van der Waals surface area contributed by atoms with Gasteiger partial charge in [0.05, 0.1) is 19.7 Å². The second kappa shape index (κ2) is 10.1. The van der Waals surface area contributed by atoms with Gasteiger partial charge in [0.1, 0.15) is 11.0 Å². The lowest BCUT2D eigenvalue weighted by Crippen LogP contribution is -3.20. The number of piperidine rings is 1. The summed E-state index contributed by atoms with van der Waals surface area (Å²) in [4.78, 5) is 14.8. The number of likely N-dealkylation sites (tertiary alicyclic amines) is 1. The highest BCUT2D eigenvalue weighted by molar-refractivity contribution is 5.83. The van der Waals surface area contributed by atoms with Crippen LogP contribution in [0.3, 0.4) is 0 Å². The van der Waals surface area contributed by atoms with Gasteiger partial charge in [0.15, 0.2) is 0 Å². The average molecular weight is 472 g/mol. The van der Waals surface area contributed by atoms with E-state index >= 15 is 0 Å². The molecule has 0 unspecified atom stereocenters. The molecule has 0 aromatic heterocycles. The molecule has 2 aromatic carbocycles. The van der Waals surface area contributed by atoms with E-state index in [2.05, 4.69) is 42.5 Å². The summed E-state index contributed by atoms with van der Waals surface area (Å²) in [6.45, 7) is 4.38. The van der Waals surface area contributed by atoms with Crippen LogP contribution in [0.2, 0.25) is 0 Å². The highest BCUT2D eigenvalue weighted by Gasteiger charge is 2.51. The normalized spacial score (nSPS) is 25.7. The van der Waals surface area contributed by atoms with Crippen LogP contribution in [0.15, 0.2) is 60.7 Å². The SMILES string of the molecule is CCOC(=O)C1(c2ccccc2)CC[NH+](C2(c3ccccc3)CCCCC2)CC1.[Br-]. The average Bonchev–Trinajstić information content (AvgIpc) is 2.81. The van der Waals surface area contributed by atoms with Crippen LogP contribution in [0.1, 0.15) is 63.0 Å². The quantitative estimate of drug-likeness (QED) is 0.660. The molecule has 0 radical (unpaired) electrons. The van der Waals surface area contributed by atoms with E-state index < -0.39 is 5.41 Å². The van der Waals surface area contributed by atoms with Gasteiger partial charge >= 0.3 is 5.97 Å². The first kappa shape index (κ1) is 23.0. The summed E-state index contributed by atoms with van der Waals surface area (Å²) < 4.78 is 5.58. The van der Waals surface area contributed by atoms with E-state index in [1.807, 2.05) is 25.1 Å². The summed E-state index contributed by atoms with van der Waals surface area (Å²) in [7, 11) is 0. The Morgan fingerprint density at radius 2 is 1.37 bits per heavy atom. The maximum Gasteiger partial charge on any atom is 0.317 e. The Labute approximate surface area is 191 Å². The van der Waals surface area contributed by atoms with Gasteiger partial charge in [-0.25, -0.2) is 0 Å². The van der Waals surface area contributed by atoms with Gasteiger partial charge < -0.3 is 26.6 Å². The molecule has 1 saturated heterocycles. The molecule has 0 atom stereocenters. The number of carbonyl (C=O) groups is 1. The summed E-state index contributed by atoms with van der Waals surface area (Å²) in [5.41, 5.74) is 2.32. The fourth-order valence-corrected chi connectivity index (χ4v) is 5.85. The first-order valence-electron chi connectivity index (χ1n) is 11.3. The van der Waals surface area contributed by atoms with E-state index in [9.17, 15) is 4.79 Å². The van der Waals surface area contributed by atoms with Crippen molar-refractivity contribution in [2.75, 3.05) is 19.7 Å². The summed E-state index contributed by atoms with van der Waals surface area (Å²) in [5.74, 6) is -0.0392. The molecule has 1 N–H and O–H groups in total. The number of esters is 1. The van der Waals surface area contributed by atoms with Crippen molar-refractivity contribution in [3.8, 4) is 0 Å². The van der Waals surface area contributed by atoms with Crippen molar-refractivity contribution in [1.29, 1.82) is 0 Å². The van der Waals surface area contributed by atoms with E-state index in [0.717, 1.165) is 31.5 Å². The van der Waals surface area contributed by atoms with Crippen LogP contribution in [0.25, 0.3) is 0 Å². The third kappa shape index (κ3) is 4.22. The Bertz CT molecular complexity index is 794. The highest BCUT2D eigenvalue weighted by Crippen LogP contribution is 2.38.